The largest absolute Gasteiger partial charge is 0.335 e. The van der Waals surface area contributed by atoms with Gasteiger partial charge in [0.1, 0.15) is 0 Å². The summed E-state index contributed by atoms with van der Waals surface area (Å²) in [6.45, 7) is 1.87. The van der Waals surface area contributed by atoms with Crippen LogP contribution in [-0.2, 0) is 14.8 Å². The predicted octanol–water partition coefficient (Wildman–Crippen LogP) is 2.75. The summed E-state index contributed by atoms with van der Waals surface area (Å²) in [4.78, 5) is 14.1. The molecule has 29 heavy (non-hydrogen) atoms. The van der Waals surface area contributed by atoms with Crippen LogP contribution in [0.3, 0.4) is 0 Å². The highest BCUT2D eigenvalue weighted by Crippen LogP contribution is 2.21. The van der Waals surface area contributed by atoms with Gasteiger partial charge in [-0.3, -0.25) is 4.79 Å². The lowest BCUT2D eigenvalue weighted by Crippen LogP contribution is -2.28. The summed E-state index contributed by atoms with van der Waals surface area (Å²) in [5.74, 6) is -0.180. The summed E-state index contributed by atoms with van der Waals surface area (Å²) in [6, 6.07) is 15.6. The molecule has 0 aliphatic carbocycles. The highest BCUT2D eigenvalue weighted by atomic mass is 32.2. The van der Waals surface area contributed by atoms with Gasteiger partial charge in [-0.2, -0.15) is 5.10 Å². The minimum atomic E-state index is -3.74. The summed E-state index contributed by atoms with van der Waals surface area (Å²) >= 11 is 0. The van der Waals surface area contributed by atoms with Gasteiger partial charge in [-0.15, -0.1) is 0 Å². The first-order valence-corrected chi connectivity index (χ1v) is 10.5. The van der Waals surface area contributed by atoms with E-state index in [-0.39, 0.29) is 16.8 Å². The quantitative estimate of drug-likeness (QED) is 0.632. The first-order chi connectivity index (χ1) is 13.8. The number of para-hydroxylation sites is 1. The fourth-order valence-corrected chi connectivity index (χ4v) is 3.30. The molecule has 1 amide bonds. The summed E-state index contributed by atoms with van der Waals surface area (Å²) in [5, 5.41) is 9.42. The summed E-state index contributed by atoms with van der Waals surface area (Å²) in [6.07, 6.45) is 6.73. The van der Waals surface area contributed by atoms with Crippen molar-refractivity contribution in [1.29, 1.82) is 0 Å². The van der Waals surface area contributed by atoms with Crippen LogP contribution in [0, 0.1) is 0 Å². The smallest absolute Gasteiger partial charge is 0.246 e. The molecule has 8 heteroatoms. The molecule has 0 spiro atoms. The maximum atomic E-state index is 12.5. The van der Waals surface area contributed by atoms with Gasteiger partial charge in [0.25, 0.3) is 0 Å². The third-order valence-electron chi connectivity index (χ3n) is 4.66. The SMILES string of the molecule is C[C@H](c1ccc(S(N)(=O)=O)cc1)N(C)C(=O)/C=C/c1cnn(-c2ccccc2)c1. The van der Waals surface area contributed by atoms with Gasteiger partial charge in [-0.05, 0) is 42.8 Å². The van der Waals surface area contributed by atoms with Crippen LogP contribution in [0.2, 0.25) is 0 Å². The second kappa shape index (κ2) is 8.42. The molecule has 0 aliphatic heterocycles. The van der Waals surface area contributed by atoms with Crippen molar-refractivity contribution in [3.63, 3.8) is 0 Å². The molecule has 0 fully saturated rings. The fourth-order valence-electron chi connectivity index (χ4n) is 2.78. The van der Waals surface area contributed by atoms with Crippen LogP contribution in [0.1, 0.15) is 24.1 Å². The molecular formula is C21H22N4O3S. The molecular weight excluding hydrogens is 388 g/mol. The van der Waals surface area contributed by atoms with Crippen molar-refractivity contribution in [2.75, 3.05) is 7.05 Å². The van der Waals surface area contributed by atoms with E-state index >= 15 is 0 Å². The van der Waals surface area contributed by atoms with E-state index in [4.69, 9.17) is 5.14 Å². The zero-order valence-corrected chi connectivity index (χ0v) is 17.0. The number of carbonyl (C=O) groups excluding carboxylic acids is 1. The molecule has 0 radical (unpaired) electrons. The van der Waals surface area contributed by atoms with Gasteiger partial charge in [-0.1, -0.05) is 30.3 Å². The highest BCUT2D eigenvalue weighted by molar-refractivity contribution is 7.89. The van der Waals surface area contributed by atoms with Gasteiger partial charge in [-0.25, -0.2) is 18.2 Å². The van der Waals surface area contributed by atoms with Crippen LogP contribution in [0.4, 0.5) is 0 Å². The molecule has 0 unspecified atom stereocenters. The molecule has 0 saturated heterocycles. The van der Waals surface area contributed by atoms with Crippen LogP contribution in [-0.4, -0.2) is 36.1 Å². The van der Waals surface area contributed by atoms with Gasteiger partial charge in [0.2, 0.25) is 15.9 Å². The topological polar surface area (TPSA) is 98.3 Å². The normalized spacial score (nSPS) is 12.8. The van der Waals surface area contributed by atoms with Crippen molar-refractivity contribution in [3.05, 3.63) is 84.2 Å². The van der Waals surface area contributed by atoms with Gasteiger partial charge >= 0.3 is 0 Å². The van der Waals surface area contributed by atoms with Crippen LogP contribution >= 0.6 is 0 Å². The van der Waals surface area contributed by atoms with Gasteiger partial charge in [0.05, 0.1) is 22.8 Å². The minimum Gasteiger partial charge on any atom is -0.335 e. The van der Waals surface area contributed by atoms with E-state index in [1.54, 1.807) is 41.0 Å². The minimum absolute atomic E-state index is 0.0396. The molecule has 0 saturated carbocycles. The number of primary sulfonamides is 1. The fraction of sp³-hybridized carbons (Fsp3) is 0.143. The number of aromatic nitrogens is 2. The van der Waals surface area contributed by atoms with Crippen molar-refractivity contribution in [2.24, 2.45) is 5.14 Å². The van der Waals surface area contributed by atoms with E-state index < -0.39 is 10.0 Å². The Balaban J connectivity index is 1.68. The standard InChI is InChI=1S/C21H22N4O3S/c1-16(18-9-11-20(12-10-18)29(22,27)28)24(2)21(26)13-8-17-14-23-25(15-17)19-6-4-3-5-7-19/h3-16H,1-2H3,(H2,22,27,28)/b13-8+/t16-/m1/s1. The second-order valence-electron chi connectivity index (χ2n) is 6.63. The lowest BCUT2D eigenvalue weighted by Gasteiger charge is -2.24. The van der Waals surface area contributed by atoms with Crippen molar-refractivity contribution in [1.82, 2.24) is 14.7 Å². The Morgan fingerprint density at radius 2 is 1.79 bits per heavy atom. The molecule has 7 nitrogen and oxygen atoms in total. The molecule has 1 atom stereocenters. The Bertz CT molecular complexity index is 1120. The maximum absolute atomic E-state index is 12.5. The second-order valence-corrected chi connectivity index (χ2v) is 8.19. The molecule has 3 rings (SSSR count). The number of carbonyl (C=O) groups is 1. The number of hydrogen-bond acceptors (Lipinski definition) is 4. The van der Waals surface area contributed by atoms with Crippen molar-refractivity contribution in [2.45, 2.75) is 17.9 Å². The summed E-state index contributed by atoms with van der Waals surface area (Å²) < 4.78 is 24.5. The molecule has 3 aromatic rings. The van der Waals surface area contributed by atoms with Gasteiger partial charge in [0.15, 0.2) is 0 Å². The lowest BCUT2D eigenvalue weighted by atomic mass is 10.1. The van der Waals surface area contributed by atoms with E-state index in [9.17, 15) is 13.2 Å². The van der Waals surface area contributed by atoms with Crippen molar-refractivity contribution < 1.29 is 13.2 Å². The number of nitrogens with zero attached hydrogens (tertiary/aromatic N) is 3. The molecule has 1 aromatic heterocycles. The Kier molecular flexibility index (Phi) is 5.95. The number of rotatable bonds is 6. The zero-order chi connectivity index (χ0) is 21.0. The van der Waals surface area contributed by atoms with E-state index in [0.29, 0.717) is 0 Å². The number of hydrogen-bond donors (Lipinski definition) is 1. The molecule has 0 aliphatic rings. The van der Waals surface area contributed by atoms with Crippen LogP contribution in [0.25, 0.3) is 11.8 Å². The molecule has 0 bridgehead atoms. The Morgan fingerprint density at radius 3 is 2.41 bits per heavy atom. The predicted molar refractivity (Wildman–Crippen MR) is 112 cm³/mol. The lowest BCUT2D eigenvalue weighted by molar-refractivity contribution is -0.126. The third kappa shape index (κ3) is 4.98. The number of benzene rings is 2. The molecule has 2 aromatic carbocycles. The van der Waals surface area contributed by atoms with Crippen LogP contribution in [0.5, 0.6) is 0 Å². The number of sulfonamides is 1. The Hall–Kier alpha value is -3.23. The Labute approximate surface area is 170 Å². The van der Waals surface area contributed by atoms with Gasteiger partial charge < -0.3 is 4.90 Å². The Morgan fingerprint density at radius 1 is 1.14 bits per heavy atom. The van der Waals surface area contributed by atoms with E-state index in [1.807, 2.05) is 43.5 Å². The van der Waals surface area contributed by atoms with E-state index in [2.05, 4.69) is 5.10 Å². The average Bonchev–Trinajstić information content (AvgIpc) is 3.20. The first-order valence-electron chi connectivity index (χ1n) is 8.93. The highest BCUT2D eigenvalue weighted by Gasteiger charge is 2.16. The average molecular weight is 410 g/mol. The zero-order valence-electron chi connectivity index (χ0n) is 16.1. The molecule has 2 N–H and O–H groups in total. The van der Waals surface area contributed by atoms with Crippen molar-refractivity contribution >= 4 is 22.0 Å². The maximum Gasteiger partial charge on any atom is 0.246 e. The number of amides is 1. The monoisotopic (exact) mass is 410 g/mol. The van der Waals surface area contributed by atoms with Crippen LogP contribution in [0.15, 0.2) is 78.0 Å². The molecule has 1 heterocycles. The third-order valence-corrected chi connectivity index (χ3v) is 5.59. The number of likely N-dealkylation sites (N-methyl/N-ethyl adjacent to an activating group) is 1. The number of nitrogens with two attached hydrogens (primary N) is 1. The summed E-state index contributed by atoms with van der Waals surface area (Å²) in [5.41, 5.74) is 2.55. The molecule has 150 valence electrons. The van der Waals surface area contributed by atoms with E-state index in [1.165, 1.54) is 18.2 Å². The van der Waals surface area contributed by atoms with E-state index in [0.717, 1.165) is 16.8 Å². The van der Waals surface area contributed by atoms with Gasteiger partial charge in [0, 0.05) is 24.9 Å². The summed E-state index contributed by atoms with van der Waals surface area (Å²) in [7, 11) is -2.05. The van der Waals surface area contributed by atoms with Crippen molar-refractivity contribution in [3.8, 4) is 5.69 Å². The van der Waals surface area contributed by atoms with Crippen LogP contribution < -0.4 is 5.14 Å². The first kappa shape index (κ1) is 20.5.